The van der Waals surface area contributed by atoms with E-state index in [1.165, 1.54) is 18.4 Å². The second kappa shape index (κ2) is 6.32. The van der Waals surface area contributed by atoms with Crippen LogP contribution in [0.3, 0.4) is 0 Å². The maximum atomic E-state index is 12.0. The molecule has 6 heteroatoms. The Labute approximate surface area is 125 Å². The van der Waals surface area contributed by atoms with Gasteiger partial charge in [0, 0.05) is 19.8 Å². The van der Waals surface area contributed by atoms with Gasteiger partial charge < -0.3 is 9.73 Å². The van der Waals surface area contributed by atoms with E-state index < -0.39 is 10.0 Å². The molecule has 0 saturated carbocycles. The maximum absolute atomic E-state index is 12.0. The lowest BCUT2D eigenvalue weighted by Crippen LogP contribution is -2.22. The molecule has 0 aliphatic rings. The van der Waals surface area contributed by atoms with Crippen LogP contribution in [0.25, 0.3) is 0 Å². The monoisotopic (exact) mass is 308 g/mol. The second-order valence-electron chi connectivity index (χ2n) is 4.93. The summed E-state index contributed by atoms with van der Waals surface area (Å²) in [6, 6.07) is 10.6. The summed E-state index contributed by atoms with van der Waals surface area (Å²) in [6.07, 6.45) is 2.51. The highest BCUT2D eigenvalue weighted by Crippen LogP contribution is 2.24. The van der Waals surface area contributed by atoms with E-state index in [1.54, 1.807) is 30.5 Å². The average molecular weight is 308 g/mol. The van der Waals surface area contributed by atoms with Crippen molar-refractivity contribution in [1.29, 1.82) is 0 Å². The molecule has 2 aromatic rings. The fourth-order valence-corrected chi connectivity index (χ4v) is 2.90. The topological polar surface area (TPSA) is 62.6 Å². The van der Waals surface area contributed by atoms with Crippen molar-refractivity contribution in [3.05, 3.63) is 48.4 Å². The zero-order valence-electron chi connectivity index (χ0n) is 12.4. The van der Waals surface area contributed by atoms with E-state index in [2.05, 4.69) is 12.2 Å². The van der Waals surface area contributed by atoms with Crippen molar-refractivity contribution in [2.45, 2.75) is 24.3 Å². The fraction of sp³-hybridized carbons (Fsp3) is 0.333. The highest BCUT2D eigenvalue weighted by atomic mass is 32.2. The van der Waals surface area contributed by atoms with Gasteiger partial charge in [-0.3, -0.25) is 0 Å². The van der Waals surface area contributed by atoms with Crippen LogP contribution in [0.15, 0.2) is 52.0 Å². The van der Waals surface area contributed by atoms with Gasteiger partial charge in [-0.05, 0) is 42.8 Å². The Kier molecular flexibility index (Phi) is 4.69. The van der Waals surface area contributed by atoms with Crippen LogP contribution in [0.4, 0.5) is 5.69 Å². The van der Waals surface area contributed by atoms with E-state index >= 15 is 0 Å². The number of sulfonamides is 1. The third-order valence-electron chi connectivity index (χ3n) is 3.27. The van der Waals surface area contributed by atoms with Crippen LogP contribution in [0.5, 0.6) is 0 Å². The van der Waals surface area contributed by atoms with Crippen LogP contribution in [0, 0.1) is 0 Å². The van der Waals surface area contributed by atoms with E-state index in [0.29, 0.717) is 0 Å². The molecule has 0 saturated heterocycles. The first-order chi connectivity index (χ1) is 9.95. The van der Waals surface area contributed by atoms with Gasteiger partial charge in [0.2, 0.25) is 10.0 Å². The summed E-state index contributed by atoms with van der Waals surface area (Å²) in [4.78, 5) is 0.282. The predicted octanol–water partition coefficient (Wildman–Crippen LogP) is 3.09. The van der Waals surface area contributed by atoms with Crippen LogP contribution in [-0.2, 0) is 10.0 Å². The zero-order chi connectivity index (χ0) is 15.5. The number of nitrogens with zero attached hydrogens (tertiary/aromatic N) is 1. The minimum absolute atomic E-state index is 0.0660. The summed E-state index contributed by atoms with van der Waals surface area (Å²) in [5.74, 6) is 0.863. The Morgan fingerprint density at radius 3 is 2.33 bits per heavy atom. The smallest absolute Gasteiger partial charge is 0.242 e. The molecular weight excluding hydrogens is 288 g/mol. The lowest BCUT2D eigenvalue weighted by molar-refractivity contribution is 0.474. The molecule has 1 heterocycles. The fourth-order valence-electron chi connectivity index (χ4n) is 2.00. The molecule has 0 bridgehead atoms. The van der Waals surface area contributed by atoms with E-state index in [1.807, 2.05) is 12.1 Å². The van der Waals surface area contributed by atoms with Crippen molar-refractivity contribution in [3.63, 3.8) is 0 Å². The highest BCUT2D eigenvalue weighted by molar-refractivity contribution is 7.89. The van der Waals surface area contributed by atoms with Crippen molar-refractivity contribution in [2.75, 3.05) is 19.4 Å². The summed E-state index contributed by atoms with van der Waals surface area (Å²) in [5.41, 5.74) is 0.857. The van der Waals surface area contributed by atoms with Crippen molar-refractivity contribution in [1.82, 2.24) is 4.31 Å². The summed E-state index contributed by atoms with van der Waals surface area (Å²) < 4.78 is 30.6. The first kappa shape index (κ1) is 15.6. The van der Waals surface area contributed by atoms with Crippen LogP contribution in [-0.4, -0.2) is 26.8 Å². The lowest BCUT2D eigenvalue weighted by atomic mass is 10.1. The molecule has 1 N–H and O–H groups in total. The number of nitrogens with one attached hydrogen (secondary N) is 1. The Morgan fingerprint density at radius 1 is 1.19 bits per heavy atom. The summed E-state index contributed by atoms with van der Waals surface area (Å²) in [6.45, 7) is 2.06. The van der Waals surface area contributed by atoms with Gasteiger partial charge in [-0.25, -0.2) is 12.7 Å². The van der Waals surface area contributed by atoms with Gasteiger partial charge in [-0.1, -0.05) is 6.92 Å². The molecule has 1 aromatic carbocycles. The minimum atomic E-state index is -3.38. The maximum Gasteiger partial charge on any atom is 0.242 e. The number of rotatable bonds is 6. The molecule has 114 valence electrons. The van der Waals surface area contributed by atoms with Gasteiger partial charge in [0.15, 0.2) is 0 Å². The molecular formula is C15H20N2O3S. The van der Waals surface area contributed by atoms with Crippen LogP contribution in [0.1, 0.15) is 25.1 Å². The lowest BCUT2D eigenvalue weighted by Gasteiger charge is -2.17. The zero-order valence-corrected chi connectivity index (χ0v) is 13.2. The molecule has 0 fully saturated rings. The minimum Gasteiger partial charge on any atom is -0.467 e. The van der Waals surface area contributed by atoms with E-state index in [4.69, 9.17) is 4.42 Å². The van der Waals surface area contributed by atoms with Crippen molar-refractivity contribution < 1.29 is 12.8 Å². The number of hydrogen-bond donors (Lipinski definition) is 1. The van der Waals surface area contributed by atoms with Crippen molar-refractivity contribution in [2.24, 2.45) is 0 Å². The van der Waals surface area contributed by atoms with E-state index in [0.717, 1.165) is 17.9 Å². The van der Waals surface area contributed by atoms with Gasteiger partial charge >= 0.3 is 0 Å². The molecule has 1 unspecified atom stereocenters. The number of hydrogen-bond acceptors (Lipinski definition) is 4. The molecule has 1 aromatic heterocycles. The number of furan rings is 1. The molecule has 21 heavy (non-hydrogen) atoms. The van der Waals surface area contributed by atoms with Gasteiger partial charge in [-0.2, -0.15) is 0 Å². The standard InChI is InChI=1S/C15H20N2O3S/c1-4-14(15-6-5-11-20-15)16-12-7-9-13(10-8-12)21(18,19)17(2)3/h5-11,14,16H,4H2,1-3H3. The Balaban J connectivity index is 2.16. The average Bonchev–Trinajstić information content (AvgIpc) is 2.99. The summed E-state index contributed by atoms with van der Waals surface area (Å²) in [5, 5.41) is 3.34. The molecule has 5 nitrogen and oxygen atoms in total. The first-order valence-electron chi connectivity index (χ1n) is 6.77. The first-order valence-corrected chi connectivity index (χ1v) is 8.21. The summed E-state index contributed by atoms with van der Waals surface area (Å²) >= 11 is 0. The van der Waals surface area contributed by atoms with Crippen LogP contribution < -0.4 is 5.32 Å². The Bertz CT molecular complexity index is 661. The quantitative estimate of drug-likeness (QED) is 0.890. The second-order valence-corrected chi connectivity index (χ2v) is 7.08. The van der Waals surface area contributed by atoms with Crippen molar-refractivity contribution in [3.8, 4) is 0 Å². The van der Waals surface area contributed by atoms with Gasteiger partial charge in [0.25, 0.3) is 0 Å². The van der Waals surface area contributed by atoms with E-state index in [-0.39, 0.29) is 10.9 Å². The molecule has 1 atom stereocenters. The van der Waals surface area contributed by atoms with Gasteiger partial charge in [-0.15, -0.1) is 0 Å². The molecule has 2 rings (SSSR count). The molecule has 0 aliphatic heterocycles. The molecule has 0 aliphatic carbocycles. The Morgan fingerprint density at radius 2 is 1.86 bits per heavy atom. The number of anilines is 1. The SMILES string of the molecule is CCC(Nc1ccc(S(=O)(=O)N(C)C)cc1)c1ccco1. The van der Waals surface area contributed by atoms with Crippen LogP contribution in [0.2, 0.25) is 0 Å². The third-order valence-corrected chi connectivity index (χ3v) is 5.10. The van der Waals surface area contributed by atoms with Crippen LogP contribution >= 0.6 is 0 Å². The normalized spacial score (nSPS) is 13.3. The molecule has 0 radical (unpaired) electrons. The predicted molar refractivity (Wildman–Crippen MR) is 82.7 cm³/mol. The number of benzene rings is 1. The van der Waals surface area contributed by atoms with Gasteiger partial charge in [0.1, 0.15) is 5.76 Å². The Hall–Kier alpha value is -1.79. The largest absolute Gasteiger partial charge is 0.467 e. The molecule has 0 amide bonds. The molecule has 0 spiro atoms. The van der Waals surface area contributed by atoms with Crippen molar-refractivity contribution >= 4 is 15.7 Å². The summed E-state index contributed by atoms with van der Waals surface area (Å²) in [7, 11) is -0.345. The third kappa shape index (κ3) is 3.46. The van der Waals surface area contributed by atoms with Gasteiger partial charge in [0.05, 0.1) is 17.2 Å². The van der Waals surface area contributed by atoms with E-state index in [9.17, 15) is 8.42 Å². The highest BCUT2D eigenvalue weighted by Gasteiger charge is 2.17.